The molecule has 0 saturated carbocycles. The summed E-state index contributed by atoms with van der Waals surface area (Å²) in [6.07, 6.45) is 1.55. The Kier molecular flexibility index (Phi) is 4.50. The fourth-order valence-corrected chi connectivity index (χ4v) is 3.82. The number of aliphatic hydroxyl groups is 2. The number of aliphatic hydroxyl groups excluding tert-OH is 2. The molecule has 4 rings (SSSR count). The zero-order chi connectivity index (χ0) is 18.4. The van der Waals surface area contributed by atoms with Gasteiger partial charge in [0.05, 0.1) is 18.1 Å². The van der Waals surface area contributed by atoms with Crippen molar-refractivity contribution >= 4 is 40.1 Å². The van der Waals surface area contributed by atoms with Gasteiger partial charge in [-0.05, 0) is 12.1 Å². The normalized spacial score (nSPS) is 23.0. The fourth-order valence-electron chi connectivity index (χ4n) is 3.31. The van der Waals surface area contributed by atoms with Crippen LogP contribution in [0, 0.1) is 0 Å². The second-order valence-electron chi connectivity index (χ2n) is 6.17. The van der Waals surface area contributed by atoms with E-state index in [1.165, 1.54) is 6.33 Å². The van der Waals surface area contributed by atoms with Crippen LogP contribution in [0.25, 0.3) is 22.2 Å². The van der Waals surface area contributed by atoms with Crippen molar-refractivity contribution in [3.63, 3.8) is 0 Å². The van der Waals surface area contributed by atoms with E-state index in [2.05, 4.69) is 9.97 Å². The van der Waals surface area contributed by atoms with Crippen molar-refractivity contribution < 1.29 is 14.9 Å². The maximum Gasteiger partial charge on any atom is 0.161 e. The van der Waals surface area contributed by atoms with Gasteiger partial charge in [-0.2, -0.15) is 0 Å². The maximum atomic E-state index is 10.4. The number of nitrogens with zero attached hydrogens (tertiary/aromatic N) is 3. The topological polar surface area (TPSA) is 106 Å². The van der Waals surface area contributed by atoms with Crippen molar-refractivity contribution in [2.24, 2.45) is 0 Å². The van der Waals surface area contributed by atoms with Crippen LogP contribution in [0.4, 0.5) is 5.82 Å². The van der Waals surface area contributed by atoms with Crippen LogP contribution in [0.1, 0.15) is 12.6 Å². The van der Waals surface area contributed by atoms with E-state index in [0.717, 1.165) is 0 Å². The Morgan fingerprint density at radius 2 is 2.08 bits per heavy atom. The molecule has 1 fully saturated rings. The Balaban J connectivity index is 1.92. The highest BCUT2D eigenvalue weighted by molar-refractivity contribution is 6.36. The van der Waals surface area contributed by atoms with Gasteiger partial charge in [0.1, 0.15) is 23.9 Å². The van der Waals surface area contributed by atoms with Crippen LogP contribution in [0.2, 0.25) is 10.0 Å². The molecule has 7 nitrogen and oxygen atoms in total. The predicted octanol–water partition coefficient (Wildman–Crippen LogP) is 2.63. The van der Waals surface area contributed by atoms with Gasteiger partial charge in [-0.25, -0.2) is 9.97 Å². The Hall–Kier alpha value is -1.90. The molecule has 4 N–H and O–H groups in total. The zero-order valence-corrected chi connectivity index (χ0v) is 15.0. The first-order chi connectivity index (χ1) is 12.5. The molecule has 0 spiro atoms. The van der Waals surface area contributed by atoms with Crippen LogP contribution in [0.3, 0.4) is 0 Å². The molecule has 26 heavy (non-hydrogen) atoms. The van der Waals surface area contributed by atoms with Crippen molar-refractivity contribution in [3.8, 4) is 11.1 Å². The van der Waals surface area contributed by atoms with Gasteiger partial charge in [0.15, 0.2) is 6.23 Å². The number of nitrogen functional groups attached to an aromatic ring is 1. The summed E-state index contributed by atoms with van der Waals surface area (Å²) >= 11 is 12.4. The minimum atomic E-state index is -0.785. The Labute approximate surface area is 158 Å². The SMILES string of the molecule is Nc1ncnc2c1c(-c1ccc(Cl)cc1Cl)cn2[C@@H]1O[C@H](CO)C[C@H]1O. The average Bonchev–Trinajstić information content (AvgIpc) is 3.16. The largest absolute Gasteiger partial charge is 0.394 e. The Morgan fingerprint density at radius 1 is 1.27 bits per heavy atom. The van der Waals surface area contributed by atoms with E-state index in [-0.39, 0.29) is 6.61 Å². The minimum Gasteiger partial charge on any atom is -0.394 e. The second-order valence-corrected chi connectivity index (χ2v) is 7.01. The van der Waals surface area contributed by atoms with Crippen LogP contribution in [0.15, 0.2) is 30.7 Å². The summed E-state index contributed by atoms with van der Waals surface area (Å²) in [5, 5.41) is 21.3. The maximum absolute atomic E-state index is 10.4. The number of fused-ring (bicyclic) bond motifs is 1. The lowest BCUT2D eigenvalue weighted by atomic mass is 10.1. The molecule has 0 unspecified atom stereocenters. The molecule has 136 valence electrons. The summed E-state index contributed by atoms with van der Waals surface area (Å²) < 4.78 is 7.47. The van der Waals surface area contributed by atoms with E-state index >= 15 is 0 Å². The zero-order valence-electron chi connectivity index (χ0n) is 13.5. The molecule has 2 aromatic heterocycles. The lowest BCUT2D eigenvalue weighted by Crippen LogP contribution is -2.19. The molecule has 0 amide bonds. The van der Waals surface area contributed by atoms with E-state index < -0.39 is 18.4 Å². The van der Waals surface area contributed by atoms with E-state index in [1.807, 2.05) is 0 Å². The summed E-state index contributed by atoms with van der Waals surface area (Å²) in [5.41, 5.74) is 8.04. The number of hydrogen-bond acceptors (Lipinski definition) is 6. The smallest absolute Gasteiger partial charge is 0.161 e. The van der Waals surface area contributed by atoms with Gasteiger partial charge in [-0.3, -0.25) is 0 Å². The van der Waals surface area contributed by atoms with Crippen LogP contribution in [-0.2, 0) is 4.74 Å². The fraction of sp³-hybridized carbons (Fsp3) is 0.294. The third-order valence-corrected chi connectivity index (χ3v) is 5.05. The average molecular weight is 395 g/mol. The van der Waals surface area contributed by atoms with Crippen LogP contribution < -0.4 is 5.73 Å². The molecule has 1 aliphatic rings. The molecule has 0 bridgehead atoms. The molecule has 1 aromatic carbocycles. The molecular weight excluding hydrogens is 379 g/mol. The van der Waals surface area contributed by atoms with Crippen LogP contribution >= 0.6 is 23.2 Å². The van der Waals surface area contributed by atoms with Gasteiger partial charge in [0.25, 0.3) is 0 Å². The molecule has 1 saturated heterocycles. The highest BCUT2D eigenvalue weighted by Gasteiger charge is 2.36. The lowest BCUT2D eigenvalue weighted by molar-refractivity contribution is -0.0483. The highest BCUT2D eigenvalue weighted by Crippen LogP contribution is 2.40. The molecule has 3 atom stereocenters. The van der Waals surface area contributed by atoms with Crippen molar-refractivity contribution in [3.05, 3.63) is 40.8 Å². The first-order valence-electron chi connectivity index (χ1n) is 8.00. The number of rotatable bonds is 3. The van der Waals surface area contributed by atoms with Crippen molar-refractivity contribution in [2.45, 2.75) is 24.9 Å². The monoisotopic (exact) mass is 394 g/mol. The highest BCUT2D eigenvalue weighted by atomic mass is 35.5. The lowest BCUT2D eigenvalue weighted by Gasteiger charge is -2.17. The summed E-state index contributed by atoms with van der Waals surface area (Å²) in [5.74, 6) is 0.293. The summed E-state index contributed by atoms with van der Waals surface area (Å²) in [4.78, 5) is 8.39. The Bertz CT molecular complexity index is 978. The third-order valence-electron chi connectivity index (χ3n) is 4.50. The van der Waals surface area contributed by atoms with Gasteiger partial charge >= 0.3 is 0 Å². The Morgan fingerprint density at radius 3 is 2.77 bits per heavy atom. The molecule has 3 heterocycles. The minimum absolute atomic E-state index is 0.167. The molecular formula is C17H16Cl2N4O3. The number of ether oxygens (including phenoxy) is 1. The number of halogens is 2. The van der Waals surface area contributed by atoms with E-state index in [4.69, 9.17) is 33.7 Å². The molecule has 0 radical (unpaired) electrons. The molecule has 1 aliphatic heterocycles. The van der Waals surface area contributed by atoms with Crippen LogP contribution in [-0.4, -0.2) is 43.6 Å². The van der Waals surface area contributed by atoms with Gasteiger partial charge in [0.2, 0.25) is 0 Å². The van der Waals surface area contributed by atoms with Gasteiger partial charge in [0, 0.05) is 33.8 Å². The summed E-state index contributed by atoms with van der Waals surface area (Å²) in [6.45, 7) is -0.167. The number of hydrogen-bond donors (Lipinski definition) is 3. The second kappa shape index (κ2) is 6.68. The quantitative estimate of drug-likeness (QED) is 0.630. The van der Waals surface area contributed by atoms with Gasteiger partial charge in [-0.1, -0.05) is 29.3 Å². The summed E-state index contributed by atoms with van der Waals surface area (Å²) in [7, 11) is 0. The number of benzene rings is 1. The first kappa shape index (κ1) is 17.5. The third kappa shape index (κ3) is 2.82. The van der Waals surface area contributed by atoms with Crippen molar-refractivity contribution in [2.75, 3.05) is 12.3 Å². The first-order valence-corrected chi connectivity index (χ1v) is 8.76. The van der Waals surface area contributed by atoms with Crippen LogP contribution in [0.5, 0.6) is 0 Å². The number of nitrogens with two attached hydrogens (primary N) is 1. The van der Waals surface area contributed by atoms with Crippen molar-refractivity contribution in [1.29, 1.82) is 0 Å². The van der Waals surface area contributed by atoms with E-state index in [0.29, 0.717) is 44.4 Å². The predicted molar refractivity (Wildman–Crippen MR) is 99.0 cm³/mol. The molecule has 3 aromatic rings. The number of anilines is 1. The van der Waals surface area contributed by atoms with Gasteiger partial charge in [-0.15, -0.1) is 0 Å². The molecule has 0 aliphatic carbocycles. The van der Waals surface area contributed by atoms with E-state index in [1.54, 1.807) is 29.0 Å². The standard InChI is InChI=1S/C17H16Cl2N4O3/c18-8-1-2-10(12(19)3-8)11-5-23(16-14(11)15(20)21-7-22-16)17-13(25)4-9(6-24)26-17/h1-3,5,7,9,13,17,24-25H,4,6H2,(H2,20,21,22)/t9-,13+,17+/m0/s1. The summed E-state index contributed by atoms with van der Waals surface area (Å²) in [6, 6.07) is 5.16. The molecule has 9 heteroatoms. The van der Waals surface area contributed by atoms with Gasteiger partial charge < -0.3 is 25.3 Å². The van der Waals surface area contributed by atoms with E-state index in [9.17, 15) is 10.2 Å². The van der Waals surface area contributed by atoms with Crippen molar-refractivity contribution in [1.82, 2.24) is 14.5 Å². The number of aromatic nitrogens is 3.